The summed E-state index contributed by atoms with van der Waals surface area (Å²) >= 11 is 0. The Morgan fingerprint density at radius 1 is 1.39 bits per heavy atom. The maximum absolute atomic E-state index is 12.1. The third-order valence-corrected chi connectivity index (χ3v) is 4.86. The molecule has 2 fully saturated rings. The average Bonchev–Trinajstić information content (AvgIpc) is 2.95. The van der Waals surface area contributed by atoms with Crippen LogP contribution in [0, 0.1) is 11.8 Å². The van der Waals surface area contributed by atoms with Crippen molar-refractivity contribution >= 4 is 6.09 Å². The molecule has 1 amide bonds. The van der Waals surface area contributed by atoms with Crippen LogP contribution < -0.4 is 5.32 Å². The SMILES string of the molecule is CC(NCCC1CCN(C(=O)OC(C)(C)C)C1)C1CCCOC1. The predicted molar refractivity (Wildman–Crippen MR) is 91.5 cm³/mol. The Labute approximate surface area is 141 Å². The van der Waals surface area contributed by atoms with Gasteiger partial charge < -0.3 is 19.7 Å². The van der Waals surface area contributed by atoms with Gasteiger partial charge in [0.05, 0.1) is 6.61 Å². The Kier molecular flexibility index (Phi) is 6.72. The zero-order valence-corrected chi connectivity index (χ0v) is 15.3. The van der Waals surface area contributed by atoms with Gasteiger partial charge in [-0.15, -0.1) is 0 Å². The molecule has 2 aliphatic rings. The Hall–Kier alpha value is -0.810. The molecular formula is C18H34N2O3. The molecule has 0 spiro atoms. The Morgan fingerprint density at radius 3 is 2.83 bits per heavy atom. The molecule has 2 saturated heterocycles. The smallest absolute Gasteiger partial charge is 0.410 e. The second-order valence-electron chi connectivity index (χ2n) is 8.09. The largest absolute Gasteiger partial charge is 0.444 e. The highest BCUT2D eigenvalue weighted by molar-refractivity contribution is 5.68. The topological polar surface area (TPSA) is 50.8 Å². The highest BCUT2D eigenvalue weighted by atomic mass is 16.6. The van der Waals surface area contributed by atoms with Crippen molar-refractivity contribution in [3.8, 4) is 0 Å². The highest BCUT2D eigenvalue weighted by Gasteiger charge is 2.29. The summed E-state index contributed by atoms with van der Waals surface area (Å²) < 4.78 is 11.0. The first-order valence-electron chi connectivity index (χ1n) is 9.14. The fraction of sp³-hybridized carbons (Fsp3) is 0.944. The van der Waals surface area contributed by atoms with Gasteiger partial charge in [-0.1, -0.05) is 0 Å². The first-order chi connectivity index (χ1) is 10.8. The molecule has 134 valence electrons. The second kappa shape index (κ2) is 8.34. The summed E-state index contributed by atoms with van der Waals surface area (Å²) in [6.07, 6.45) is 4.49. The van der Waals surface area contributed by atoms with E-state index in [0.717, 1.165) is 45.7 Å². The standard InChI is InChI=1S/C18H34N2O3/c1-14(16-6-5-11-22-13-16)19-9-7-15-8-10-20(12-15)17(21)23-18(2,3)4/h14-16,19H,5-13H2,1-4H3. The number of nitrogens with one attached hydrogen (secondary N) is 1. The van der Waals surface area contributed by atoms with Gasteiger partial charge in [-0.05, 0) is 71.8 Å². The zero-order valence-electron chi connectivity index (χ0n) is 15.3. The van der Waals surface area contributed by atoms with Crippen molar-refractivity contribution in [2.24, 2.45) is 11.8 Å². The van der Waals surface area contributed by atoms with Crippen molar-refractivity contribution in [1.82, 2.24) is 10.2 Å². The Bertz CT molecular complexity index is 375. The number of ether oxygens (including phenoxy) is 2. The summed E-state index contributed by atoms with van der Waals surface area (Å²) in [5.74, 6) is 1.23. The first-order valence-corrected chi connectivity index (χ1v) is 9.14. The molecule has 2 aliphatic heterocycles. The average molecular weight is 326 g/mol. The van der Waals surface area contributed by atoms with Crippen LogP contribution >= 0.6 is 0 Å². The minimum atomic E-state index is -0.409. The summed E-state index contributed by atoms with van der Waals surface area (Å²) in [7, 11) is 0. The molecule has 0 saturated carbocycles. The number of carbonyl (C=O) groups excluding carboxylic acids is 1. The van der Waals surface area contributed by atoms with Crippen LogP contribution in [0.25, 0.3) is 0 Å². The monoisotopic (exact) mass is 326 g/mol. The first kappa shape index (κ1) is 18.5. The maximum Gasteiger partial charge on any atom is 0.410 e. The van der Waals surface area contributed by atoms with Crippen LogP contribution in [0.3, 0.4) is 0 Å². The van der Waals surface area contributed by atoms with Crippen LogP contribution in [-0.4, -0.2) is 55.5 Å². The number of hydrogen-bond acceptors (Lipinski definition) is 4. The lowest BCUT2D eigenvalue weighted by Crippen LogP contribution is -2.39. The zero-order chi connectivity index (χ0) is 16.9. The summed E-state index contributed by atoms with van der Waals surface area (Å²) in [6, 6.07) is 0.513. The van der Waals surface area contributed by atoms with Crippen molar-refractivity contribution in [1.29, 1.82) is 0 Å². The van der Waals surface area contributed by atoms with Crippen LogP contribution in [-0.2, 0) is 9.47 Å². The predicted octanol–water partition coefficient (Wildman–Crippen LogP) is 3.04. The Morgan fingerprint density at radius 2 is 2.17 bits per heavy atom. The maximum atomic E-state index is 12.1. The minimum absolute atomic E-state index is 0.166. The van der Waals surface area contributed by atoms with Crippen LogP contribution in [0.15, 0.2) is 0 Å². The summed E-state index contributed by atoms with van der Waals surface area (Å²) in [4.78, 5) is 13.9. The van der Waals surface area contributed by atoms with Crippen LogP contribution in [0.5, 0.6) is 0 Å². The van der Waals surface area contributed by atoms with E-state index in [4.69, 9.17) is 9.47 Å². The van der Waals surface area contributed by atoms with Crippen molar-refractivity contribution in [2.75, 3.05) is 32.8 Å². The van der Waals surface area contributed by atoms with Crippen molar-refractivity contribution in [3.63, 3.8) is 0 Å². The van der Waals surface area contributed by atoms with Gasteiger partial charge >= 0.3 is 6.09 Å². The van der Waals surface area contributed by atoms with E-state index in [9.17, 15) is 4.79 Å². The molecule has 2 rings (SSSR count). The van der Waals surface area contributed by atoms with Crippen LogP contribution in [0.4, 0.5) is 4.79 Å². The van der Waals surface area contributed by atoms with Gasteiger partial charge in [-0.3, -0.25) is 0 Å². The molecule has 0 aromatic rings. The molecule has 2 heterocycles. The normalized spacial score (nSPS) is 27.0. The van der Waals surface area contributed by atoms with E-state index < -0.39 is 5.60 Å². The van der Waals surface area contributed by atoms with Gasteiger partial charge in [-0.25, -0.2) is 4.79 Å². The fourth-order valence-corrected chi connectivity index (χ4v) is 3.40. The van der Waals surface area contributed by atoms with E-state index in [1.165, 1.54) is 12.8 Å². The fourth-order valence-electron chi connectivity index (χ4n) is 3.40. The van der Waals surface area contributed by atoms with Gasteiger partial charge in [-0.2, -0.15) is 0 Å². The molecule has 3 unspecified atom stereocenters. The molecule has 0 radical (unpaired) electrons. The summed E-state index contributed by atoms with van der Waals surface area (Å²) in [5.41, 5.74) is -0.409. The Balaban J connectivity index is 1.63. The number of rotatable bonds is 5. The van der Waals surface area contributed by atoms with E-state index >= 15 is 0 Å². The van der Waals surface area contributed by atoms with Gasteiger partial charge in [0.2, 0.25) is 0 Å². The molecule has 0 aromatic carbocycles. The molecule has 1 N–H and O–H groups in total. The summed E-state index contributed by atoms with van der Waals surface area (Å²) in [5, 5.41) is 3.65. The lowest BCUT2D eigenvalue weighted by atomic mass is 9.94. The third-order valence-electron chi connectivity index (χ3n) is 4.86. The number of amides is 1. The van der Waals surface area contributed by atoms with Gasteiger partial charge in [0.15, 0.2) is 0 Å². The molecule has 23 heavy (non-hydrogen) atoms. The number of nitrogens with zero attached hydrogens (tertiary/aromatic N) is 1. The third kappa shape index (κ3) is 6.30. The van der Waals surface area contributed by atoms with Crippen molar-refractivity contribution in [3.05, 3.63) is 0 Å². The van der Waals surface area contributed by atoms with Crippen molar-refractivity contribution in [2.45, 2.75) is 65.0 Å². The molecule has 0 aliphatic carbocycles. The van der Waals surface area contributed by atoms with E-state index in [1.54, 1.807) is 0 Å². The van der Waals surface area contributed by atoms with E-state index in [1.807, 2.05) is 25.7 Å². The second-order valence-corrected chi connectivity index (χ2v) is 8.09. The van der Waals surface area contributed by atoms with Gasteiger partial charge in [0.25, 0.3) is 0 Å². The van der Waals surface area contributed by atoms with Crippen LogP contribution in [0.2, 0.25) is 0 Å². The molecule has 0 aromatic heterocycles. The van der Waals surface area contributed by atoms with E-state index in [0.29, 0.717) is 17.9 Å². The van der Waals surface area contributed by atoms with E-state index in [-0.39, 0.29) is 6.09 Å². The summed E-state index contributed by atoms with van der Waals surface area (Å²) in [6.45, 7) is 12.5. The lowest BCUT2D eigenvalue weighted by Gasteiger charge is -2.28. The molecular weight excluding hydrogens is 292 g/mol. The minimum Gasteiger partial charge on any atom is -0.444 e. The van der Waals surface area contributed by atoms with Crippen molar-refractivity contribution < 1.29 is 14.3 Å². The van der Waals surface area contributed by atoms with Crippen LogP contribution in [0.1, 0.15) is 53.4 Å². The number of likely N-dealkylation sites (tertiary alicyclic amines) is 1. The van der Waals surface area contributed by atoms with Gasteiger partial charge in [0.1, 0.15) is 5.60 Å². The molecule has 3 atom stereocenters. The molecule has 0 bridgehead atoms. The lowest BCUT2D eigenvalue weighted by molar-refractivity contribution is 0.0286. The molecule has 5 nitrogen and oxygen atoms in total. The highest BCUT2D eigenvalue weighted by Crippen LogP contribution is 2.22. The van der Waals surface area contributed by atoms with Gasteiger partial charge in [0, 0.05) is 25.7 Å². The molecule has 5 heteroatoms. The van der Waals surface area contributed by atoms with E-state index in [2.05, 4.69) is 12.2 Å². The number of hydrogen-bond donors (Lipinski definition) is 1. The number of carbonyl (C=O) groups is 1. The quantitative estimate of drug-likeness (QED) is 0.844.